The number of halogens is 1. The van der Waals surface area contributed by atoms with Crippen LogP contribution in [0.4, 0.5) is 5.82 Å². The Bertz CT molecular complexity index is 1010. The third-order valence-corrected chi connectivity index (χ3v) is 6.60. The van der Waals surface area contributed by atoms with E-state index in [0.717, 1.165) is 11.6 Å². The molecule has 1 aromatic carbocycles. The van der Waals surface area contributed by atoms with Crippen molar-refractivity contribution in [2.24, 2.45) is 0 Å². The highest BCUT2D eigenvalue weighted by atomic mass is 35.5. The average molecular weight is 422 g/mol. The third kappa shape index (κ3) is 4.70. The lowest BCUT2D eigenvalue weighted by Gasteiger charge is -2.18. The minimum atomic E-state index is -3.54. The molecular formula is C19H20ClN3O4S. The Hall–Kier alpha value is -2.42. The van der Waals surface area contributed by atoms with Gasteiger partial charge in [0, 0.05) is 31.4 Å². The van der Waals surface area contributed by atoms with E-state index in [2.05, 4.69) is 10.3 Å². The van der Waals surface area contributed by atoms with Gasteiger partial charge in [-0.05, 0) is 43.2 Å². The number of nitrogens with zero attached hydrogens (tertiary/aromatic N) is 2. The number of benzene rings is 1. The van der Waals surface area contributed by atoms with Gasteiger partial charge in [0.2, 0.25) is 10.0 Å². The Morgan fingerprint density at radius 1 is 1.36 bits per heavy atom. The highest BCUT2D eigenvalue weighted by Gasteiger charge is 2.32. The van der Waals surface area contributed by atoms with Crippen molar-refractivity contribution in [3.8, 4) is 0 Å². The summed E-state index contributed by atoms with van der Waals surface area (Å²) < 4.78 is 27.0. The van der Waals surface area contributed by atoms with E-state index in [1.807, 2.05) is 6.92 Å². The van der Waals surface area contributed by atoms with Crippen LogP contribution in [0.25, 0.3) is 6.08 Å². The van der Waals surface area contributed by atoms with Crippen LogP contribution in [0.15, 0.2) is 47.5 Å². The molecule has 0 saturated carbocycles. The summed E-state index contributed by atoms with van der Waals surface area (Å²) >= 11 is 6.22. The molecule has 2 heterocycles. The molecule has 2 N–H and O–H groups in total. The fraction of sp³-hybridized carbons (Fsp3) is 0.263. The van der Waals surface area contributed by atoms with Crippen LogP contribution in [0.5, 0.6) is 0 Å². The topological polar surface area (TPSA) is 99.6 Å². The summed E-state index contributed by atoms with van der Waals surface area (Å²) in [6, 6.07) is 8.28. The largest absolute Gasteiger partial charge is 0.478 e. The molecule has 0 amide bonds. The van der Waals surface area contributed by atoms with Crippen molar-refractivity contribution in [1.82, 2.24) is 9.29 Å². The van der Waals surface area contributed by atoms with Crippen molar-refractivity contribution in [2.75, 3.05) is 18.4 Å². The molecule has 0 unspecified atom stereocenters. The zero-order chi connectivity index (χ0) is 20.3. The van der Waals surface area contributed by atoms with Gasteiger partial charge in [0.25, 0.3) is 0 Å². The van der Waals surface area contributed by atoms with Crippen molar-refractivity contribution >= 4 is 39.5 Å². The Morgan fingerprint density at radius 2 is 2.07 bits per heavy atom. The van der Waals surface area contributed by atoms with E-state index >= 15 is 0 Å². The maximum Gasteiger partial charge on any atom is 0.328 e. The van der Waals surface area contributed by atoms with Crippen molar-refractivity contribution in [3.05, 3.63) is 58.8 Å². The summed E-state index contributed by atoms with van der Waals surface area (Å²) in [5.74, 6) is -0.618. The van der Waals surface area contributed by atoms with Crippen LogP contribution >= 0.6 is 11.6 Å². The summed E-state index contributed by atoms with van der Waals surface area (Å²) in [7, 11) is -3.54. The molecule has 1 fully saturated rings. The van der Waals surface area contributed by atoms with E-state index < -0.39 is 16.0 Å². The van der Waals surface area contributed by atoms with Crippen molar-refractivity contribution < 1.29 is 18.3 Å². The molecule has 3 rings (SSSR count). The molecule has 0 spiro atoms. The number of carboxylic acids is 1. The van der Waals surface area contributed by atoms with Crippen LogP contribution < -0.4 is 5.32 Å². The second-order valence-electron chi connectivity index (χ2n) is 6.58. The Kier molecular flexibility index (Phi) is 6.02. The van der Waals surface area contributed by atoms with Gasteiger partial charge >= 0.3 is 5.97 Å². The van der Waals surface area contributed by atoms with E-state index in [1.54, 1.807) is 30.3 Å². The molecule has 1 aliphatic heterocycles. The number of carboxylic acid groups (broad SMARTS) is 1. The fourth-order valence-electron chi connectivity index (χ4n) is 2.93. The van der Waals surface area contributed by atoms with Crippen molar-refractivity contribution in [1.29, 1.82) is 0 Å². The Balaban J connectivity index is 1.67. The first-order valence-electron chi connectivity index (χ1n) is 8.65. The molecule has 2 aromatic rings. The summed E-state index contributed by atoms with van der Waals surface area (Å²) in [6.45, 7) is 2.63. The van der Waals surface area contributed by atoms with Crippen molar-refractivity contribution in [2.45, 2.75) is 24.3 Å². The van der Waals surface area contributed by atoms with Crippen LogP contribution in [0, 0.1) is 6.92 Å². The monoisotopic (exact) mass is 421 g/mol. The molecule has 28 heavy (non-hydrogen) atoms. The molecule has 1 aromatic heterocycles. The normalized spacial score (nSPS) is 17.9. The number of aromatic nitrogens is 1. The lowest BCUT2D eigenvalue weighted by Crippen LogP contribution is -2.31. The molecule has 1 aliphatic rings. The van der Waals surface area contributed by atoms with E-state index in [1.165, 1.54) is 16.6 Å². The fourth-order valence-corrected chi connectivity index (χ4v) is 4.66. The number of nitrogens with one attached hydrogen (secondary N) is 1. The Morgan fingerprint density at radius 3 is 2.71 bits per heavy atom. The van der Waals surface area contributed by atoms with E-state index in [4.69, 9.17) is 16.7 Å². The number of aliphatic carboxylic acids is 1. The molecule has 9 heteroatoms. The molecule has 1 atom stereocenters. The zero-order valence-corrected chi connectivity index (χ0v) is 16.7. The van der Waals surface area contributed by atoms with Crippen LogP contribution in [0.1, 0.15) is 17.5 Å². The number of hydrogen-bond donors (Lipinski definition) is 2. The first-order chi connectivity index (χ1) is 13.3. The quantitative estimate of drug-likeness (QED) is 0.695. The van der Waals surface area contributed by atoms with Gasteiger partial charge in [-0.3, -0.25) is 0 Å². The summed E-state index contributed by atoms with van der Waals surface area (Å²) in [6.07, 6.45) is 4.54. The maximum atomic E-state index is 12.8. The third-order valence-electron chi connectivity index (χ3n) is 4.43. The van der Waals surface area contributed by atoms with Crippen molar-refractivity contribution in [3.63, 3.8) is 0 Å². The number of pyridine rings is 1. The highest BCUT2D eigenvalue weighted by molar-refractivity contribution is 7.89. The van der Waals surface area contributed by atoms with Gasteiger partial charge in [-0.25, -0.2) is 18.2 Å². The lowest BCUT2D eigenvalue weighted by molar-refractivity contribution is -0.131. The molecular weight excluding hydrogens is 402 g/mol. The van der Waals surface area contributed by atoms with E-state index in [0.29, 0.717) is 35.9 Å². The number of anilines is 1. The van der Waals surface area contributed by atoms with E-state index in [-0.39, 0.29) is 10.9 Å². The van der Waals surface area contributed by atoms with Gasteiger partial charge in [-0.2, -0.15) is 4.31 Å². The highest BCUT2D eigenvalue weighted by Crippen LogP contribution is 2.26. The summed E-state index contributed by atoms with van der Waals surface area (Å²) in [5.41, 5.74) is 1.57. The predicted octanol–water partition coefficient (Wildman–Crippen LogP) is 3.02. The molecule has 0 bridgehead atoms. The first kappa shape index (κ1) is 20.3. The maximum absolute atomic E-state index is 12.8. The van der Waals surface area contributed by atoms with Crippen LogP contribution in [-0.2, 0) is 14.8 Å². The smallest absolute Gasteiger partial charge is 0.328 e. The Labute approximate surface area is 168 Å². The van der Waals surface area contributed by atoms with Crippen LogP contribution in [0.3, 0.4) is 0 Å². The minimum absolute atomic E-state index is 0.120. The van der Waals surface area contributed by atoms with Gasteiger partial charge in [0.05, 0.1) is 9.92 Å². The van der Waals surface area contributed by atoms with E-state index in [9.17, 15) is 13.2 Å². The van der Waals surface area contributed by atoms with Crippen LogP contribution in [0.2, 0.25) is 5.02 Å². The van der Waals surface area contributed by atoms with Gasteiger partial charge in [0.15, 0.2) is 0 Å². The molecule has 0 radical (unpaired) electrons. The molecule has 0 aliphatic carbocycles. The number of carbonyl (C=O) groups is 1. The SMILES string of the molecule is Cc1ccc(S(=O)(=O)N2CC[C@@H](Nc3ncc(C=CC(=O)O)cc3Cl)C2)cc1. The molecule has 7 nitrogen and oxygen atoms in total. The summed E-state index contributed by atoms with van der Waals surface area (Å²) in [4.78, 5) is 15.1. The second-order valence-corrected chi connectivity index (χ2v) is 8.92. The summed E-state index contributed by atoms with van der Waals surface area (Å²) in [5, 5.41) is 12.2. The number of hydrogen-bond acceptors (Lipinski definition) is 5. The average Bonchev–Trinajstić information content (AvgIpc) is 3.12. The standard InChI is InChI=1S/C19H20ClN3O4S/c1-13-2-5-16(6-3-13)28(26,27)23-9-8-15(12-23)22-19-17(20)10-14(11-21-19)4-7-18(24)25/h2-7,10-11,15H,8-9,12H2,1H3,(H,21,22)(H,24,25)/t15-/m1/s1. The first-order valence-corrected chi connectivity index (χ1v) is 10.5. The van der Waals surface area contributed by atoms with Crippen LogP contribution in [-0.4, -0.2) is 47.9 Å². The number of sulfonamides is 1. The number of aryl methyl sites for hydroxylation is 1. The number of rotatable bonds is 6. The molecule has 148 valence electrons. The molecule has 1 saturated heterocycles. The minimum Gasteiger partial charge on any atom is -0.478 e. The van der Waals surface area contributed by atoms with Gasteiger partial charge in [0.1, 0.15) is 5.82 Å². The second kappa shape index (κ2) is 8.30. The lowest BCUT2D eigenvalue weighted by atomic mass is 10.2. The predicted molar refractivity (Wildman–Crippen MR) is 108 cm³/mol. The van der Waals surface area contributed by atoms with Gasteiger partial charge < -0.3 is 10.4 Å². The van der Waals surface area contributed by atoms with Gasteiger partial charge in [-0.15, -0.1) is 0 Å². The zero-order valence-electron chi connectivity index (χ0n) is 15.2. The van der Waals surface area contributed by atoms with Gasteiger partial charge in [-0.1, -0.05) is 29.3 Å².